The van der Waals surface area contributed by atoms with Crippen molar-refractivity contribution in [2.75, 3.05) is 11.4 Å². The fourth-order valence-electron chi connectivity index (χ4n) is 1.52. The molecule has 0 aromatic carbocycles. The van der Waals surface area contributed by atoms with Gasteiger partial charge in [0.1, 0.15) is 11.0 Å². The molecule has 0 bridgehead atoms. The van der Waals surface area contributed by atoms with Crippen molar-refractivity contribution in [3.8, 4) is 0 Å². The lowest BCUT2D eigenvalue weighted by molar-refractivity contribution is 0.199. The predicted octanol–water partition coefficient (Wildman–Crippen LogP) is 2.58. The summed E-state index contributed by atoms with van der Waals surface area (Å²) in [7, 11) is 0. The fourth-order valence-corrected chi connectivity index (χ4v) is 1.68. The minimum absolute atomic E-state index is 0.204. The molecule has 1 aliphatic rings. The summed E-state index contributed by atoms with van der Waals surface area (Å²) in [4.78, 5) is 5.21. The molecule has 5 heteroatoms. The summed E-state index contributed by atoms with van der Waals surface area (Å²) in [6.45, 7) is 0.343. The average Bonchev–Trinajstić information content (AvgIpc) is 2.48. The van der Waals surface area contributed by atoms with Gasteiger partial charge in [0.2, 0.25) is 6.30 Å². The minimum atomic E-state index is -1.60. The van der Waals surface area contributed by atoms with Crippen molar-refractivity contribution in [3.05, 3.63) is 23.4 Å². The smallest absolute Gasteiger partial charge is 0.205 e. The number of rotatable bonds is 1. The van der Waals surface area contributed by atoms with Crippen molar-refractivity contribution < 1.29 is 8.78 Å². The highest BCUT2D eigenvalue weighted by atomic mass is 35.5. The van der Waals surface area contributed by atoms with Crippen LogP contribution in [0.15, 0.2) is 18.2 Å². The Labute approximate surface area is 85.5 Å². The molecule has 2 nitrogen and oxygen atoms in total. The average molecular weight is 219 g/mol. The molecule has 1 aromatic heterocycles. The molecule has 2 unspecified atom stereocenters. The lowest BCUT2D eigenvalue weighted by Gasteiger charge is -2.19. The molecule has 1 aromatic rings. The second-order valence-corrected chi connectivity index (χ2v) is 3.58. The van der Waals surface area contributed by atoms with E-state index in [-0.39, 0.29) is 11.6 Å². The summed E-state index contributed by atoms with van der Waals surface area (Å²) in [5.74, 6) is 0.394. The summed E-state index contributed by atoms with van der Waals surface area (Å²) in [6.07, 6.45) is -2.81. The van der Waals surface area contributed by atoms with Gasteiger partial charge in [0.15, 0.2) is 6.17 Å². The molecule has 2 rings (SSSR count). The fraction of sp³-hybridized carbons (Fsp3) is 0.444. The third-order valence-electron chi connectivity index (χ3n) is 2.24. The van der Waals surface area contributed by atoms with Gasteiger partial charge in [-0.2, -0.15) is 0 Å². The molecule has 0 amide bonds. The van der Waals surface area contributed by atoms with Gasteiger partial charge in [-0.1, -0.05) is 17.7 Å². The van der Waals surface area contributed by atoms with Crippen molar-refractivity contribution >= 4 is 17.4 Å². The van der Waals surface area contributed by atoms with Gasteiger partial charge in [0, 0.05) is 13.0 Å². The molecule has 1 saturated heterocycles. The zero-order valence-electron chi connectivity index (χ0n) is 7.33. The van der Waals surface area contributed by atoms with Gasteiger partial charge in [-0.25, -0.2) is 13.8 Å². The largest absolute Gasteiger partial charge is 0.324 e. The molecule has 76 valence electrons. The zero-order chi connectivity index (χ0) is 10.1. The van der Waals surface area contributed by atoms with E-state index >= 15 is 0 Å². The summed E-state index contributed by atoms with van der Waals surface area (Å²) in [5, 5.41) is 0.289. The molecule has 1 aliphatic heterocycles. The van der Waals surface area contributed by atoms with E-state index in [1.165, 1.54) is 4.90 Å². The van der Waals surface area contributed by atoms with Crippen LogP contribution in [0.2, 0.25) is 5.15 Å². The van der Waals surface area contributed by atoms with E-state index in [1.807, 2.05) is 0 Å². The molecule has 0 saturated carbocycles. The van der Waals surface area contributed by atoms with Crippen molar-refractivity contribution in [1.29, 1.82) is 0 Å². The molecular formula is C9H9ClF2N2. The number of hydrogen-bond donors (Lipinski definition) is 0. The molecule has 2 heterocycles. The van der Waals surface area contributed by atoms with Crippen LogP contribution in [-0.2, 0) is 0 Å². The quantitative estimate of drug-likeness (QED) is 0.532. The van der Waals surface area contributed by atoms with Gasteiger partial charge in [-0.3, -0.25) is 0 Å². The number of hydrogen-bond acceptors (Lipinski definition) is 2. The van der Waals surface area contributed by atoms with Crippen LogP contribution in [-0.4, -0.2) is 24.0 Å². The van der Waals surface area contributed by atoms with Crippen molar-refractivity contribution in [3.63, 3.8) is 0 Å². The van der Waals surface area contributed by atoms with Crippen LogP contribution in [0, 0.1) is 0 Å². The normalized spacial score (nSPS) is 26.9. The van der Waals surface area contributed by atoms with E-state index < -0.39 is 12.5 Å². The highest BCUT2D eigenvalue weighted by Gasteiger charge is 2.35. The van der Waals surface area contributed by atoms with Crippen LogP contribution in [0.1, 0.15) is 6.42 Å². The van der Waals surface area contributed by atoms with E-state index in [0.717, 1.165) is 0 Å². The minimum Gasteiger partial charge on any atom is -0.324 e. The Morgan fingerprint density at radius 2 is 2.21 bits per heavy atom. The maximum Gasteiger partial charge on any atom is 0.205 e. The Kier molecular flexibility index (Phi) is 2.54. The van der Waals surface area contributed by atoms with Gasteiger partial charge in [0.25, 0.3) is 0 Å². The molecule has 0 N–H and O–H groups in total. The molecule has 0 spiro atoms. The Balaban J connectivity index is 2.23. The lowest BCUT2D eigenvalue weighted by Crippen LogP contribution is -2.29. The zero-order valence-corrected chi connectivity index (χ0v) is 8.09. The maximum absolute atomic E-state index is 13.3. The molecule has 0 aliphatic carbocycles. The van der Waals surface area contributed by atoms with Crippen LogP contribution in [0.4, 0.5) is 14.6 Å². The number of pyridine rings is 1. The van der Waals surface area contributed by atoms with Crippen molar-refractivity contribution in [2.45, 2.75) is 18.9 Å². The van der Waals surface area contributed by atoms with Crippen LogP contribution >= 0.6 is 11.6 Å². The van der Waals surface area contributed by atoms with Gasteiger partial charge >= 0.3 is 0 Å². The SMILES string of the molecule is FC1CCN(c2cccc(Cl)n2)C1F. The highest BCUT2D eigenvalue weighted by Crippen LogP contribution is 2.27. The molecule has 2 atom stereocenters. The number of anilines is 1. The number of alkyl halides is 2. The van der Waals surface area contributed by atoms with E-state index in [0.29, 0.717) is 12.4 Å². The maximum atomic E-state index is 13.3. The summed E-state index contributed by atoms with van der Waals surface area (Å²) in [5.41, 5.74) is 0. The monoisotopic (exact) mass is 218 g/mol. The van der Waals surface area contributed by atoms with Gasteiger partial charge in [0.05, 0.1) is 0 Å². The van der Waals surface area contributed by atoms with E-state index in [2.05, 4.69) is 4.98 Å². The summed E-state index contributed by atoms with van der Waals surface area (Å²) >= 11 is 5.65. The van der Waals surface area contributed by atoms with E-state index in [4.69, 9.17) is 11.6 Å². The first kappa shape index (κ1) is 9.65. The van der Waals surface area contributed by atoms with Gasteiger partial charge in [-0.15, -0.1) is 0 Å². The standard InChI is InChI=1S/C9H9ClF2N2/c10-7-2-1-3-8(13-7)14-5-4-6(11)9(14)12/h1-3,6,9H,4-5H2. The van der Waals surface area contributed by atoms with Crippen LogP contribution in [0.3, 0.4) is 0 Å². The summed E-state index contributed by atoms with van der Waals surface area (Å²) in [6, 6.07) is 4.89. The first-order valence-corrected chi connectivity index (χ1v) is 4.73. The topological polar surface area (TPSA) is 16.1 Å². The Morgan fingerprint density at radius 1 is 1.43 bits per heavy atom. The van der Waals surface area contributed by atoms with Crippen LogP contribution < -0.4 is 4.90 Å². The Bertz CT molecular complexity index is 334. The Morgan fingerprint density at radius 3 is 2.79 bits per heavy atom. The molecule has 14 heavy (non-hydrogen) atoms. The van der Waals surface area contributed by atoms with Gasteiger partial charge in [-0.05, 0) is 12.1 Å². The Hall–Kier alpha value is -0.900. The highest BCUT2D eigenvalue weighted by molar-refractivity contribution is 6.29. The lowest BCUT2D eigenvalue weighted by atomic mass is 10.3. The predicted molar refractivity (Wildman–Crippen MR) is 51.0 cm³/mol. The van der Waals surface area contributed by atoms with Crippen molar-refractivity contribution in [1.82, 2.24) is 4.98 Å². The third kappa shape index (κ3) is 1.66. The third-order valence-corrected chi connectivity index (χ3v) is 2.45. The van der Waals surface area contributed by atoms with Gasteiger partial charge < -0.3 is 4.90 Å². The first-order chi connectivity index (χ1) is 6.68. The van der Waals surface area contributed by atoms with E-state index in [1.54, 1.807) is 18.2 Å². The number of halogens is 3. The summed E-state index contributed by atoms with van der Waals surface area (Å²) < 4.78 is 26.1. The second kappa shape index (κ2) is 3.69. The molecule has 1 fully saturated rings. The van der Waals surface area contributed by atoms with Crippen LogP contribution in [0.25, 0.3) is 0 Å². The van der Waals surface area contributed by atoms with Crippen molar-refractivity contribution in [2.24, 2.45) is 0 Å². The van der Waals surface area contributed by atoms with E-state index in [9.17, 15) is 8.78 Å². The van der Waals surface area contributed by atoms with Crippen LogP contribution in [0.5, 0.6) is 0 Å². The second-order valence-electron chi connectivity index (χ2n) is 3.19. The number of aromatic nitrogens is 1. The molecule has 0 radical (unpaired) electrons. The number of nitrogens with zero attached hydrogens (tertiary/aromatic N) is 2. The first-order valence-electron chi connectivity index (χ1n) is 4.36. The molecular weight excluding hydrogens is 210 g/mol.